The molecule has 0 radical (unpaired) electrons. The minimum Gasteiger partial charge on any atom is -0.487 e. The van der Waals surface area contributed by atoms with Crippen LogP contribution in [0.1, 0.15) is 41.4 Å². The first-order valence-corrected chi connectivity index (χ1v) is 10.2. The minimum absolute atomic E-state index is 0.141. The Kier molecular flexibility index (Phi) is 5.65. The lowest BCUT2D eigenvalue weighted by atomic mass is 10.0. The SMILES string of the molecule is CCOC(=O)c1c(COc2ccc(N3CCCC3=O)cc2)nc2ccccc2c1C. The van der Waals surface area contributed by atoms with Crippen LogP contribution in [0.4, 0.5) is 5.69 Å². The van der Waals surface area contributed by atoms with Crippen LogP contribution in [0.5, 0.6) is 5.75 Å². The highest BCUT2D eigenvalue weighted by molar-refractivity contribution is 5.98. The molecule has 0 unspecified atom stereocenters. The van der Waals surface area contributed by atoms with E-state index in [2.05, 4.69) is 4.98 Å². The van der Waals surface area contributed by atoms with Crippen molar-refractivity contribution in [2.24, 2.45) is 0 Å². The molecule has 2 aromatic carbocycles. The number of ether oxygens (including phenoxy) is 2. The van der Waals surface area contributed by atoms with Crippen LogP contribution < -0.4 is 9.64 Å². The van der Waals surface area contributed by atoms with E-state index in [1.807, 2.05) is 55.5 Å². The Morgan fingerprint density at radius 2 is 1.90 bits per heavy atom. The van der Waals surface area contributed by atoms with Gasteiger partial charge in [0.2, 0.25) is 5.91 Å². The second-order valence-corrected chi connectivity index (χ2v) is 7.23. The number of anilines is 1. The molecule has 6 heteroatoms. The first-order chi connectivity index (χ1) is 14.6. The number of nitrogens with zero attached hydrogens (tertiary/aromatic N) is 2. The van der Waals surface area contributed by atoms with E-state index in [0.717, 1.165) is 35.1 Å². The summed E-state index contributed by atoms with van der Waals surface area (Å²) >= 11 is 0. The Bertz CT molecular complexity index is 1090. The lowest BCUT2D eigenvalue weighted by Crippen LogP contribution is -2.23. The Morgan fingerprint density at radius 1 is 1.13 bits per heavy atom. The minimum atomic E-state index is -0.394. The number of hydrogen-bond acceptors (Lipinski definition) is 5. The van der Waals surface area contributed by atoms with Crippen molar-refractivity contribution in [3.8, 4) is 5.75 Å². The topological polar surface area (TPSA) is 68.7 Å². The number of aromatic nitrogens is 1. The van der Waals surface area contributed by atoms with E-state index in [4.69, 9.17) is 9.47 Å². The summed E-state index contributed by atoms with van der Waals surface area (Å²) in [5.74, 6) is 0.404. The van der Waals surface area contributed by atoms with Gasteiger partial charge >= 0.3 is 5.97 Å². The lowest BCUT2D eigenvalue weighted by Gasteiger charge is -2.17. The summed E-state index contributed by atoms with van der Waals surface area (Å²) in [5.41, 5.74) is 3.51. The normalized spacial score (nSPS) is 13.7. The number of pyridine rings is 1. The van der Waals surface area contributed by atoms with Crippen molar-refractivity contribution in [2.75, 3.05) is 18.1 Å². The van der Waals surface area contributed by atoms with Gasteiger partial charge in [0, 0.05) is 24.0 Å². The molecule has 0 bridgehead atoms. The highest BCUT2D eigenvalue weighted by atomic mass is 16.5. The third kappa shape index (κ3) is 3.85. The lowest BCUT2D eigenvalue weighted by molar-refractivity contribution is -0.117. The molecule has 154 valence electrons. The van der Waals surface area contributed by atoms with Gasteiger partial charge in [0.15, 0.2) is 0 Å². The van der Waals surface area contributed by atoms with Crippen LogP contribution in [0.25, 0.3) is 10.9 Å². The molecule has 0 spiro atoms. The van der Waals surface area contributed by atoms with Crippen LogP contribution in [0.3, 0.4) is 0 Å². The summed E-state index contributed by atoms with van der Waals surface area (Å²) in [6.45, 7) is 4.87. The first-order valence-electron chi connectivity index (χ1n) is 10.2. The number of rotatable bonds is 6. The van der Waals surface area contributed by atoms with Gasteiger partial charge in [-0.2, -0.15) is 0 Å². The molecule has 4 rings (SSSR count). The van der Waals surface area contributed by atoms with Crippen molar-refractivity contribution in [3.05, 3.63) is 65.4 Å². The standard InChI is InChI=1S/C24H24N2O4/c1-3-29-24(28)23-16(2)19-7-4-5-8-20(19)25-21(23)15-30-18-12-10-17(11-13-18)26-14-6-9-22(26)27/h4-5,7-8,10-13H,3,6,9,14-15H2,1-2H3. The van der Waals surface area contributed by atoms with Gasteiger partial charge in [0.05, 0.1) is 23.4 Å². The van der Waals surface area contributed by atoms with Crippen LogP contribution in [0.2, 0.25) is 0 Å². The van der Waals surface area contributed by atoms with E-state index >= 15 is 0 Å². The van der Waals surface area contributed by atoms with Crippen molar-refractivity contribution in [2.45, 2.75) is 33.3 Å². The Morgan fingerprint density at radius 3 is 2.60 bits per heavy atom. The van der Waals surface area contributed by atoms with Crippen molar-refractivity contribution in [1.29, 1.82) is 0 Å². The average Bonchev–Trinajstić information content (AvgIpc) is 3.18. The average molecular weight is 404 g/mol. The zero-order valence-corrected chi connectivity index (χ0v) is 17.2. The fourth-order valence-corrected chi connectivity index (χ4v) is 3.81. The first kappa shape index (κ1) is 19.9. The fraction of sp³-hybridized carbons (Fsp3) is 0.292. The number of para-hydroxylation sites is 1. The molecule has 0 saturated carbocycles. The molecule has 1 amide bonds. The summed E-state index contributed by atoms with van der Waals surface area (Å²) in [6, 6.07) is 15.1. The predicted octanol–water partition coefficient (Wildman–Crippen LogP) is 4.43. The molecule has 1 saturated heterocycles. The maximum absolute atomic E-state index is 12.6. The highest BCUT2D eigenvalue weighted by Crippen LogP contribution is 2.27. The number of amides is 1. The van der Waals surface area contributed by atoms with Gasteiger partial charge in [-0.15, -0.1) is 0 Å². The maximum Gasteiger partial charge on any atom is 0.340 e. The largest absolute Gasteiger partial charge is 0.487 e. The second-order valence-electron chi connectivity index (χ2n) is 7.23. The number of esters is 1. The van der Waals surface area contributed by atoms with Gasteiger partial charge in [0.25, 0.3) is 0 Å². The number of carbonyl (C=O) groups excluding carboxylic acids is 2. The summed E-state index contributed by atoms with van der Waals surface area (Å²) in [6.07, 6.45) is 1.49. The molecule has 1 aliphatic rings. The summed E-state index contributed by atoms with van der Waals surface area (Å²) in [7, 11) is 0. The van der Waals surface area contributed by atoms with Crippen LogP contribution >= 0.6 is 0 Å². The molecule has 0 atom stereocenters. The molecule has 3 aromatic rings. The monoisotopic (exact) mass is 404 g/mol. The molecule has 1 aliphatic heterocycles. The van der Waals surface area contributed by atoms with Crippen LogP contribution in [-0.4, -0.2) is 30.0 Å². The second kappa shape index (κ2) is 8.53. The van der Waals surface area contributed by atoms with Gasteiger partial charge in [-0.05, 0) is 56.2 Å². The van der Waals surface area contributed by atoms with Crippen LogP contribution in [0.15, 0.2) is 48.5 Å². The zero-order chi connectivity index (χ0) is 21.1. The number of benzene rings is 2. The van der Waals surface area contributed by atoms with E-state index in [0.29, 0.717) is 30.0 Å². The Hall–Kier alpha value is -3.41. The van der Waals surface area contributed by atoms with Gasteiger partial charge in [-0.25, -0.2) is 9.78 Å². The van der Waals surface area contributed by atoms with Crippen molar-refractivity contribution in [1.82, 2.24) is 4.98 Å². The van der Waals surface area contributed by atoms with E-state index < -0.39 is 5.97 Å². The molecule has 30 heavy (non-hydrogen) atoms. The number of aryl methyl sites for hydroxylation is 1. The molecule has 1 aromatic heterocycles. The van der Waals surface area contributed by atoms with Crippen LogP contribution in [0, 0.1) is 6.92 Å². The van der Waals surface area contributed by atoms with E-state index in [-0.39, 0.29) is 12.5 Å². The molecular weight excluding hydrogens is 380 g/mol. The van der Waals surface area contributed by atoms with Gasteiger partial charge in [0.1, 0.15) is 12.4 Å². The third-order valence-electron chi connectivity index (χ3n) is 5.30. The molecule has 0 N–H and O–H groups in total. The summed E-state index contributed by atoms with van der Waals surface area (Å²) in [4.78, 5) is 31.0. The number of fused-ring (bicyclic) bond motifs is 1. The van der Waals surface area contributed by atoms with Gasteiger partial charge in [-0.3, -0.25) is 4.79 Å². The maximum atomic E-state index is 12.6. The summed E-state index contributed by atoms with van der Waals surface area (Å²) < 4.78 is 11.2. The Balaban J connectivity index is 1.59. The van der Waals surface area contributed by atoms with E-state index in [1.165, 1.54) is 0 Å². The van der Waals surface area contributed by atoms with E-state index in [9.17, 15) is 9.59 Å². The molecule has 6 nitrogen and oxygen atoms in total. The molecular formula is C24H24N2O4. The van der Waals surface area contributed by atoms with Crippen molar-refractivity contribution >= 4 is 28.5 Å². The molecule has 1 fully saturated rings. The van der Waals surface area contributed by atoms with Gasteiger partial charge in [-0.1, -0.05) is 18.2 Å². The Labute approximate surface area is 175 Å². The quantitative estimate of drug-likeness (QED) is 0.569. The zero-order valence-electron chi connectivity index (χ0n) is 17.2. The number of hydrogen-bond donors (Lipinski definition) is 0. The smallest absolute Gasteiger partial charge is 0.340 e. The molecule has 2 heterocycles. The van der Waals surface area contributed by atoms with Crippen molar-refractivity contribution < 1.29 is 19.1 Å². The van der Waals surface area contributed by atoms with Crippen LogP contribution in [-0.2, 0) is 16.1 Å². The molecule has 0 aliphatic carbocycles. The summed E-state index contributed by atoms with van der Waals surface area (Å²) in [5, 5.41) is 0.920. The highest BCUT2D eigenvalue weighted by Gasteiger charge is 2.22. The van der Waals surface area contributed by atoms with Crippen molar-refractivity contribution in [3.63, 3.8) is 0 Å². The third-order valence-corrected chi connectivity index (χ3v) is 5.30. The van der Waals surface area contributed by atoms with Gasteiger partial charge < -0.3 is 14.4 Å². The number of carbonyl (C=O) groups is 2. The van der Waals surface area contributed by atoms with E-state index in [1.54, 1.807) is 11.8 Å². The predicted molar refractivity (Wildman–Crippen MR) is 115 cm³/mol. The fourth-order valence-electron chi connectivity index (χ4n) is 3.81.